The molecule has 1 atom stereocenters. The summed E-state index contributed by atoms with van der Waals surface area (Å²) in [6, 6.07) is 12.2. The number of fused-ring (bicyclic) bond motifs is 2. The third kappa shape index (κ3) is 4.89. The maximum absolute atomic E-state index is 12.6. The summed E-state index contributed by atoms with van der Waals surface area (Å²) in [4.78, 5) is 49.7. The van der Waals surface area contributed by atoms with Gasteiger partial charge in [-0.05, 0) is 55.3 Å². The van der Waals surface area contributed by atoms with Crippen molar-refractivity contribution in [1.29, 1.82) is 0 Å². The average Bonchev–Trinajstić information content (AvgIpc) is 3.35. The summed E-state index contributed by atoms with van der Waals surface area (Å²) in [6.45, 7) is 0.972. The van der Waals surface area contributed by atoms with Gasteiger partial charge in [0.15, 0.2) is 0 Å². The molecule has 1 N–H and O–H groups in total. The molecule has 9 nitrogen and oxygen atoms in total. The molecule has 1 aliphatic rings. The Labute approximate surface area is 205 Å². The van der Waals surface area contributed by atoms with E-state index >= 15 is 0 Å². The van der Waals surface area contributed by atoms with E-state index in [0.717, 1.165) is 17.3 Å². The van der Waals surface area contributed by atoms with Gasteiger partial charge in [0.25, 0.3) is 5.91 Å². The van der Waals surface area contributed by atoms with E-state index in [1.165, 1.54) is 30.3 Å². The Hall–Kier alpha value is -3.76. The SMILES string of the molecule is O=C(NCC1CCCO1)c1cc2ccc(OC(=O)c3cc4cc(Br)ccc4oc3=O)cc2oc1=O. The lowest BCUT2D eigenvalue weighted by Gasteiger charge is -2.10. The number of esters is 1. The first-order valence-corrected chi connectivity index (χ1v) is 11.6. The minimum absolute atomic E-state index is 0.0509. The number of amides is 1. The fraction of sp³-hybridized carbons (Fsp3) is 0.200. The van der Waals surface area contributed by atoms with Crippen molar-refractivity contribution in [2.45, 2.75) is 18.9 Å². The molecule has 5 rings (SSSR count). The van der Waals surface area contributed by atoms with Gasteiger partial charge < -0.3 is 23.6 Å². The zero-order valence-corrected chi connectivity index (χ0v) is 19.8. The number of benzene rings is 2. The molecule has 35 heavy (non-hydrogen) atoms. The van der Waals surface area contributed by atoms with Crippen LogP contribution in [0.4, 0.5) is 0 Å². The number of carbonyl (C=O) groups excluding carboxylic acids is 2. The first-order chi connectivity index (χ1) is 16.9. The first-order valence-electron chi connectivity index (χ1n) is 10.8. The summed E-state index contributed by atoms with van der Waals surface area (Å²) < 4.78 is 22.0. The lowest BCUT2D eigenvalue weighted by molar-refractivity contribution is 0.0730. The molecular weight excluding hydrogens is 522 g/mol. The van der Waals surface area contributed by atoms with Crippen LogP contribution in [-0.2, 0) is 4.74 Å². The zero-order chi connectivity index (χ0) is 24.5. The molecule has 1 fully saturated rings. The molecule has 2 aromatic heterocycles. The lowest BCUT2D eigenvalue weighted by atomic mass is 10.1. The normalized spacial score (nSPS) is 15.4. The van der Waals surface area contributed by atoms with E-state index in [-0.39, 0.29) is 28.6 Å². The number of hydrogen-bond donors (Lipinski definition) is 1. The van der Waals surface area contributed by atoms with E-state index in [1.54, 1.807) is 18.2 Å². The van der Waals surface area contributed by atoms with Gasteiger partial charge in [-0.15, -0.1) is 0 Å². The molecule has 1 aliphatic heterocycles. The predicted octanol–water partition coefficient (Wildman–Crippen LogP) is 3.79. The van der Waals surface area contributed by atoms with E-state index < -0.39 is 23.1 Å². The molecule has 0 spiro atoms. The lowest BCUT2D eigenvalue weighted by Crippen LogP contribution is -2.34. The Balaban J connectivity index is 1.36. The number of halogens is 1. The van der Waals surface area contributed by atoms with Crippen LogP contribution in [0.5, 0.6) is 5.75 Å². The topological polar surface area (TPSA) is 125 Å². The Bertz CT molecular complexity index is 1580. The van der Waals surface area contributed by atoms with Crippen molar-refractivity contribution in [3.8, 4) is 5.75 Å². The van der Waals surface area contributed by atoms with Gasteiger partial charge in [0, 0.05) is 34.5 Å². The van der Waals surface area contributed by atoms with Crippen molar-refractivity contribution in [3.05, 3.63) is 85.0 Å². The summed E-state index contributed by atoms with van der Waals surface area (Å²) >= 11 is 3.33. The molecule has 2 aromatic carbocycles. The maximum atomic E-state index is 12.6. The largest absolute Gasteiger partial charge is 0.423 e. The second kappa shape index (κ2) is 9.47. The quantitative estimate of drug-likeness (QED) is 0.230. The van der Waals surface area contributed by atoms with Gasteiger partial charge in [0.2, 0.25) is 0 Å². The van der Waals surface area contributed by atoms with Crippen LogP contribution in [-0.4, -0.2) is 31.1 Å². The van der Waals surface area contributed by atoms with Gasteiger partial charge in [0.1, 0.15) is 28.0 Å². The zero-order valence-electron chi connectivity index (χ0n) is 18.2. The molecule has 1 amide bonds. The molecule has 1 unspecified atom stereocenters. The average molecular weight is 540 g/mol. The Morgan fingerprint density at radius 1 is 0.943 bits per heavy atom. The number of hydrogen-bond acceptors (Lipinski definition) is 8. The summed E-state index contributed by atoms with van der Waals surface area (Å²) in [6.07, 6.45) is 1.73. The molecule has 0 saturated carbocycles. The molecule has 0 radical (unpaired) electrons. The summed E-state index contributed by atoms with van der Waals surface area (Å²) in [5, 5.41) is 3.69. The van der Waals surface area contributed by atoms with Crippen molar-refractivity contribution < 1.29 is 27.9 Å². The fourth-order valence-corrected chi connectivity index (χ4v) is 4.20. The maximum Gasteiger partial charge on any atom is 0.351 e. The van der Waals surface area contributed by atoms with Gasteiger partial charge >= 0.3 is 17.2 Å². The van der Waals surface area contributed by atoms with E-state index in [1.807, 2.05) is 0 Å². The molecule has 1 saturated heterocycles. The Morgan fingerprint density at radius 2 is 1.71 bits per heavy atom. The summed E-state index contributed by atoms with van der Waals surface area (Å²) in [7, 11) is 0. The highest BCUT2D eigenvalue weighted by Gasteiger charge is 2.20. The van der Waals surface area contributed by atoms with E-state index in [2.05, 4.69) is 21.2 Å². The summed E-state index contributed by atoms with van der Waals surface area (Å²) in [5.74, 6) is -1.43. The number of rotatable bonds is 5. The van der Waals surface area contributed by atoms with Crippen molar-refractivity contribution in [1.82, 2.24) is 5.32 Å². The first kappa shape index (κ1) is 23.0. The monoisotopic (exact) mass is 539 g/mol. The minimum atomic E-state index is -0.924. The fourth-order valence-electron chi connectivity index (χ4n) is 3.82. The Morgan fingerprint density at radius 3 is 2.51 bits per heavy atom. The van der Waals surface area contributed by atoms with Gasteiger partial charge in [-0.1, -0.05) is 15.9 Å². The van der Waals surface area contributed by atoms with Crippen molar-refractivity contribution in [2.75, 3.05) is 13.2 Å². The van der Waals surface area contributed by atoms with Crippen LogP contribution in [0.1, 0.15) is 33.6 Å². The van der Waals surface area contributed by atoms with E-state index in [9.17, 15) is 19.2 Å². The third-order valence-electron chi connectivity index (χ3n) is 5.59. The molecule has 3 heterocycles. The van der Waals surface area contributed by atoms with E-state index in [4.69, 9.17) is 18.3 Å². The van der Waals surface area contributed by atoms with Crippen molar-refractivity contribution >= 4 is 49.7 Å². The van der Waals surface area contributed by atoms with Crippen LogP contribution in [0, 0.1) is 0 Å². The van der Waals surface area contributed by atoms with Gasteiger partial charge in [-0.3, -0.25) is 4.79 Å². The molecule has 0 aliphatic carbocycles. The molecule has 178 valence electrons. The van der Waals surface area contributed by atoms with Gasteiger partial charge in [0.05, 0.1) is 6.10 Å². The second-order valence-electron chi connectivity index (χ2n) is 8.01. The molecule has 0 bridgehead atoms. The highest BCUT2D eigenvalue weighted by Crippen LogP contribution is 2.23. The molecular formula is C25H18BrNO8. The number of carbonyl (C=O) groups is 2. The second-order valence-corrected chi connectivity index (χ2v) is 8.93. The van der Waals surface area contributed by atoms with Crippen LogP contribution in [0.25, 0.3) is 21.9 Å². The number of ether oxygens (including phenoxy) is 2. The Kier molecular flexibility index (Phi) is 6.23. The van der Waals surface area contributed by atoms with E-state index in [0.29, 0.717) is 29.5 Å². The van der Waals surface area contributed by atoms with Gasteiger partial charge in [-0.25, -0.2) is 14.4 Å². The van der Waals surface area contributed by atoms with Crippen LogP contribution < -0.4 is 21.3 Å². The predicted molar refractivity (Wildman–Crippen MR) is 129 cm³/mol. The van der Waals surface area contributed by atoms with Crippen molar-refractivity contribution in [2.24, 2.45) is 0 Å². The van der Waals surface area contributed by atoms with Crippen molar-refractivity contribution in [3.63, 3.8) is 0 Å². The standard InChI is InChI=1S/C25H18BrNO8/c26-15-4-6-20-14(8-15)10-19(25(31)34-20)24(30)33-16-5-3-13-9-18(23(29)35-21(13)11-16)22(28)27-12-17-2-1-7-32-17/h3-6,8-11,17H,1-2,7,12H2,(H,27,28). The van der Waals surface area contributed by atoms with Crippen LogP contribution in [0.15, 0.2) is 71.4 Å². The van der Waals surface area contributed by atoms with Crippen LogP contribution >= 0.6 is 15.9 Å². The molecule has 10 heteroatoms. The summed E-state index contributed by atoms with van der Waals surface area (Å²) in [5.41, 5.74) is -1.64. The van der Waals surface area contributed by atoms with Gasteiger partial charge in [-0.2, -0.15) is 0 Å². The van der Waals surface area contributed by atoms with Crippen LogP contribution in [0.2, 0.25) is 0 Å². The highest BCUT2D eigenvalue weighted by molar-refractivity contribution is 9.10. The third-order valence-corrected chi connectivity index (χ3v) is 6.08. The highest BCUT2D eigenvalue weighted by atomic mass is 79.9. The van der Waals surface area contributed by atoms with Crippen LogP contribution in [0.3, 0.4) is 0 Å². The minimum Gasteiger partial charge on any atom is -0.423 e. The molecule has 4 aromatic rings. The smallest absolute Gasteiger partial charge is 0.351 e. The number of nitrogens with one attached hydrogen (secondary N) is 1.